The summed E-state index contributed by atoms with van der Waals surface area (Å²) in [4.78, 5) is 0. The van der Waals surface area contributed by atoms with Gasteiger partial charge in [0.15, 0.2) is 0 Å². The van der Waals surface area contributed by atoms with Gasteiger partial charge in [-0.3, -0.25) is 0 Å². The molecule has 4 nitrogen and oxygen atoms in total. The van der Waals surface area contributed by atoms with Crippen molar-refractivity contribution in [2.75, 3.05) is 21.1 Å². The lowest BCUT2D eigenvalue weighted by molar-refractivity contribution is -0.884. The molecule has 0 spiro atoms. The average molecular weight is 496 g/mol. The van der Waals surface area contributed by atoms with Crippen LogP contribution in [0.15, 0.2) is 72.0 Å². The molecule has 142 valence electrons. The highest BCUT2D eigenvalue weighted by atomic mass is 127. The molecule has 0 saturated carbocycles. The summed E-state index contributed by atoms with van der Waals surface area (Å²) in [6, 6.07) is 19.4. The van der Waals surface area contributed by atoms with Crippen LogP contribution in [0.3, 0.4) is 0 Å². The fourth-order valence-corrected chi connectivity index (χ4v) is 3.21. The van der Waals surface area contributed by atoms with E-state index in [-0.39, 0.29) is 24.0 Å². The van der Waals surface area contributed by atoms with Gasteiger partial charge in [0.05, 0.1) is 32.5 Å². The number of quaternary nitrogens is 1. The van der Waals surface area contributed by atoms with Crippen LogP contribution >= 0.6 is 11.6 Å². The van der Waals surface area contributed by atoms with Crippen LogP contribution in [0, 0.1) is 0 Å². The van der Waals surface area contributed by atoms with Gasteiger partial charge in [-0.25, -0.2) is 0 Å². The van der Waals surface area contributed by atoms with Crippen LogP contribution in [0.5, 0.6) is 0 Å². The van der Waals surface area contributed by atoms with Crippen molar-refractivity contribution in [3.63, 3.8) is 0 Å². The fourth-order valence-electron chi connectivity index (χ4n) is 3.04. The normalized spacial score (nSPS) is 11.9. The summed E-state index contributed by atoms with van der Waals surface area (Å²) in [5, 5.41) is 13.9. The van der Waals surface area contributed by atoms with Gasteiger partial charge in [-0.2, -0.15) is 0 Å². The van der Waals surface area contributed by atoms with E-state index >= 15 is 0 Å². The molecule has 6 heteroatoms. The molecule has 0 fully saturated rings. The molecule has 1 N–H and O–H groups in total. The van der Waals surface area contributed by atoms with E-state index < -0.39 is 0 Å². The number of rotatable bonds is 5. The predicted octanol–water partition coefficient (Wildman–Crippen LogP) is 1.57. The molecule has 0 aliphatic rings. The maximum atomic E-state index is 9.73. The van der Waals surface area contributed by atoms with Crippen molar-refractivity contribution in [1.29, 1.82) is 0 Å². The average Bonchev–Trinajstić information content (AvgIpc) is 3.03. The molecule has 0 atom stereocenters. The second kappa shape index (κ2) is 8.91. The van der Waals surface area contributed by atoms with Gasteiger partial charge in [-0.15, -0.1) is 0 Å². The Hall–Kier alpha value is -1.83. The van der Waals surface area contributed by atoms with E-state index in [2.05, 4.69) is 36.9 Å². The largest absolute Gasteiger partial charge is 1.00 e. The lowest BCUT2D eigenvalue weighted by atomic mass is 10.0. The molecule has 1 heterocycles. The highest BCUT2D eigenvalue weighted by Gasteiger charge is 2.18. The summed E-state index contributed by atoms with van der Waals surface area (Å²) in [7, 11) is 6.47. The first-order valence-electron chi connectivity index (χ1n) is 8.43. The number of hydrogen-bond acceptors (Lipinski definition) is 2. The van der Waals surface area contributed by atoms with Crippen molar-refractivity contribution < 1.29 is 33.7 Å². The quantitative estimate of drug-likeness (QED) is 0.188. The molecular formula is C21H23ClIN3O. The molecule has 3 rings (SSSR count). The second-order valence-corrected chi connectivity index (χ2v) is 7.73. The summed E-state index contributed by atoms with van der Waals surface area (Å²) in [5.41, 5.74) is 4.21. The summed E-state index contributed by atoms with van der Waals surface area (Å²) in [6.07, 6.45) is 2.03. The summed E-state index contributed by atoms with van der Waals surface area (Å²) < 4.78 is 2.94. The van der Waals surface area contributed by atoms with Gasteiger partial charge in [0.2, 0.25) is 0 Å². The summed E-state index contributed by atoms with van der Waals surface area (Å²) in [5.74, 6) is 0. The maximum absolute atomic E-state index is 9.73. The predicted molar refractivity (Wildman–Crippen MR) is 106 cm³/mol. The Bertz CT molecular complexity index is 930. The molecule has 1 aromatic heterocycles. The second-order valence-electron chi connectivity index (χ2n) is 7.29. The van der Waals surface area contributed by atoms with Crippen molar-refractivity contribution in [3.8, 4) is 5.69 Å². The van der Waals surface area contributed by atoms with Gasteiger partial charge >= 0.3 is 0 Å². The Morgan fingerprint density at radius 3 is 2.37 bits per heavy atom. The van der Waals surface area contributed by atoms with Gasteiger partial charge < -0.3 is 38.2 Å². The van der Waals surface area contributed by atoms with E-state index in [9.17, 15) is 5.21 Å². The van der Waals surface area contributed by atoms with E-state index in [0.29, 0.717) is 10.7 Å². The van der Waals surface area contributed by atoms with Gasteiger partial charge in [0.1, 0.15) is 12.3 Å². The van der Waals surface area contributed by atoms with Crippen LogP contribution in [-0.2, 0) is 6.54 Å². The van der Waals surface area contributed by atoms with Crippen LogP contribution in [0.2, 0.25) is 5.02 Å². The molecule has 0 aliphatic carbocycles. The topological polar surface area (TPSA) is 37.5 Å². The fraction of sp³-hybridized carbons (Fsp3) is 0.190. The van der Waals surface area contributed by atoms with Crippen LogP contribution in [0.25, 0.3) is 5.69 Å². The van der Waals surface area contributed by atoms with Gasteiger partial charge in [-0.05, 0) is 30.3 Å². The molecule has 2 aromatic carbocycles. The number of nitrogens with zero attached hydrogens (tertiary/aromatic N) is 3. The minimum absolute atomic E-state index is 0. The molecule has 0 unspecified atom stereocenters. The monoisotopic (exact) mass is 495 g/mol. The first-order chi connectivity index (χ1) is 12.4. The van der Waals surface area contributed by atoms with Gasteiger partial charge in [-0.1, -0.05) is 47.1 Å². The van der Waals surface area contributed by atoms with Crippen LogP contribution in [0.4, 0.5) is 0 Å². The number of halogens is 2. The smallest absolute Gasteiger partial charge is 0.119 e. The highest BCUT2D eigenvalue weighted by molar-refractivity contribution is 6.31. The Kier molecular flexibility index (Phi) is 7.08. The van der Waals surface area contributed by atoms with Crippen molar-refractivity contribution in [2.45, 2.75) is 6.54 Å². The molecule has 0 saturated heterocycles. The Labute approximate surface area is 182 Å². The third-order valence-corrected chi connectivity index (χ3v) is 4.33. The van der Waals surface area contributed by atoms with Gasteiger partial charge in [0, 0.05) is 22.3 Å². The van der Waals surface area contributed by atoms with Crippen LogP contribution in [0.1, 0.15) is 16.8 Å². The zero-order chi connectivity index (χ0) is 18.7. The molecule has 0 aliphatic heterocycles. The Morgan fingerprint density at radius 1 is 1.04 bits per heavy atom. The lowest BCUT2D eigenvalue weighted by Crippen LogP contribution is -3.00. The minimum Gasteiger partial charge on any atom is -1.00 e. The molecule has 0 radical (unpaired) electrons. The van der Waals surface area contributed by atoms with E-state index in [1.54, 1.807) is 0 Å². The lowest BCUT2D eigenvalue weighted by Gasteiger charge is -2.25. The van der Waals surface area contributed by atoms with E-state index in [4.69, 9.17) is 11.6 Å². The SMILES string of the molecule is C[N+](C)(C)Cc1cccn1-c1ccc(Cl)cc1/C(=N/O)c1ccccc1.[I-]. The Morgan fingerprint density at radius 2 is 1.74 bits per heavy atom. The maximum Gasteiger partial charge on any atom is 0.119 e. The zero-order valence-corrected chi connectivity index (χ0v) is 18.5. The summed E-state index contributed by atoms with van der Waals surface area (Å²) >= 11 is 6.26. The van der Waals surface area contributed by atoms with Crippen molar-refractivity contribution >= 4 is 17.3 Å². The first-order valence-corrected chi connectivity index (χ1v) is 8.81. The highest BCUT2D eigenvalue weighted by Crippen LogP contribution is 2.25. The standard InChI is InChI=1S/C21H22ClN3O.HI/c1-25(2,3)15-18-10-7-13-24(18)20-12-11-17(22)14-19(20)21(23-26)16-8-5-4-6-9-16;/h4-14H,15H2,1-3H3;1H/b23-21+;. The summed E-state index contributed by atoms with van der Waals surface area (Å²) in [6.45, 7) is 0.867. The molecule has 0 amide bonds. The van der Waals surface area contributed by atoms with Crippen molar-refractivity contribution in [2.24, 2.45) is 5.16 Å². The number of hydrogen-bond donors (Lipinski definition) is 1. The van der Waals surface area contributed by atoms with E-state index in [1.165, 1.54) is 5.69 Å². The minimum atomic E-state index is 0. The number of benzene rings is 2. The van der Waals surface area contributed by atoms with E-state index in [0.717, 1.165) is 27.8 Å². The van der Waals surface area contributed by atoms with Crippen LogP contribution < -0.4 is 24.0 Å². The zero-order valence-electron chi connectivity index (χ0n) is 15.6. The first kappa shape index (κ1) is 21.5. The molecule has 0 bridgehead atoms. The third-order valence-electron chi connectivity index (χ3n) is 4.09. The molecule has 27 heavy (non-hydrogen) atoms. The number of oxime groups is 1. The van der Waals surface area contributed by atoms with Gasteiger partial charge in [0.25, 0.3) is 0 Å². The van der Waals surface area contributed by atoms with Crippen LogP contribution in [-0.4, -0.2) is 41.1 Å². The van der Waals surface area contributed by atoms with Crippen molar-refractivity contribution in [3.05, 3.63) is 88.7 Å². The molecular weight excluding hydrogens is 473 g/mol. The van der Waals surface area contributed by atoms with E-state index in [1.807, 2.05) is 60.8 Å². The third kappa shape index (κ3) is 5.12. The molecule has 3 aromatic rings. The number of aromatic nitrogens is 1. The Balaban J connectivity index is 0.00000261. The van der Waals surface area contributed by atoms with Crippen molar-refractivity contribution in [1.82, 2.24) is 4.57 Å².